The van der Waals surface area contributed by atoms with Crippen LogP contribution >= 0.6 is 23.4 Å². The SMILES string of the molecule is Cc1nc(CNC(=NCC(=O)N(C)C)NCCSc2ccc(Cl)cc2)oc1C. The monoisotopic (exact) mass is 423 g/mol. The fourth-order valence-corrected chi connectivity index (χ4v) is 3.00. The van der Waals surface area contributed by atoms with Crippen LogP contribution in [-0.2, 0) is 11.3 Å². The molecule has 0 radical (unpaired) electrons. The average molecular weight is 424 g/mol. The highest BCUT2D eigenvalue weighted by Crippen LogP contribution is 2.19. The van der Waals surface area contributed by atoms with E-state index < -0.39 is 0 Å². The maximum atomic E-state index is 11.8. The van der Waals surface area contributed by atoms with Crippen LogP contribution in [0, 0.1) is 13.8 Å². The van der Waals surface area contributed by atoms with Crippen molar-refractivity contribution < 1.29 is 9.21 Å². The highest BCUT2D eigenvalue weighted by molar-refractivity contribution is 7.99. The minimum Gasteiger partial charge on any atom is -0.444 e. The molecule has 0 aliphatic carbocycles. The molecule has 152 valence electrons. The predicted octanol–water partition coefficient (Wildman–Crippen LogP) is 2.86. The van der Waals surface area contributed by atoms with Crippen LogP contribution in [-0.4, -0.2) is 54.7 Å². The van der Waals surface area contributed by atoms with Crippen molar-refractivity contribution in [2.45, 2.75) is 25.3 Å². The number of rotatable bonds is 8. The smallest absolute Gasteiger partial charge is 0.243 e. The summed E-state index contributed by atoms with van der Waals surface area (Å²) in [4.78, 5) is 23.2. The lowest BCUT2D eigenvalue weighted by atomic mass is 10.4. The number of halogens is 1. The van der Waals surface area contributed by atoms with Gasteiger partial charge >= 0.3 is 0 Å². The Balaban J connectivity index is 1.88. The van der Waals surface area contributed by atoms with Gasteiger partial charge in [-0.15, -0.1) is 11.8 Å². The van der Waals surface area contributed by atoms with Crippen molar-refractivity contribution in [2.24, 2.45) is 4.99 Å². The lowest BCUT2D eigenvalue weighted by Gasteiger charge is -2.13. The fraction of sp³-hybridized carbons (Fsp3) is 0.421. The van der Waals surface area contributed by atoms with E-state index >= 15 is 0 Å². The summed E-state index contributed by atoms with van der Waals surface area (Å²) in [5.41, 5.74) is 0.866. The van der Waals surface area contributed by atoms with E-state index in [2.05, 4.69) is 20.6 Å². The fourth-order valence-electron chi connectivity index (χ4n) is 2.11. The minimum absolute atomic E-state index is 0.0658. The van der Waals surface area contributed by atoms with Gasteiger partial charge in [0.2, 0.25) is 11.8 Å². The van der Waals surface area contributed by atoms with Gasteiger partial charge in [-0.05, 0) is 38.1 Å². The highest BCUT2D eigenvalue weighted by atomic mass is 35.5. The predicted molar refractivity (Wildman–Crippen MR) is 114 cm³/mol. The lowest BCUT2D eigenvalue weighted by molar-refractivity contribution is -0.127. The van der Waals surface area contributed by atoms with E-state index in [1.54, 1.807) is 25.9 Å². The number of guanidine groups is 1. The Bertz CT molecular complexity index is 786. The van der Waals surface area contributed by atoms with Gasteiger partial charge in [-0.1, -0.05) is 11.6 Å². The zero-order valence-corrected chi connectivity index (χ0v) is 18.2. The Hall–Kier alpha value is -2.19. The second kappa shape index (κ2) is 11.0. The van der Waals surface area contributed by atoms with Crippen molar-refractivity contribution >= 4 is 35.2 Å². The Morgan fingerprint density at radius 1 is 1.25 bits per heavy atom. The number of aryl methyl sites for hydroxylation is 2. The summed E-state index contributed by atoms with van der Waals surface area (Å²) in [5.74, 6) is 2.69. The number of nitrogens with zero attached hydrogens (tertiary/aromatic N) is 3. The third-order valence-electron chi connectivity index (χ3n) is 3.83. The number of hydrogen-bond acceptors (Lipinski definition) is 5. The van der Waals surface area contributed by atoms with Crippen molar-refractivity contribution in [3.05, 3.63) is 46.6 Å². The zero-order chi connectivity index (χ0) is 20.5. The van der Waals surface area contributed by atoms with E-state index in [-0.39, 0.29) is 12.5 Å². The second-order valence-corrected chi connectivity index (χ2v) is 7.89. The van der Waals surface area contributed by atoms with Crippen molar-refractivity contribution in [2.75, 3.05) is 32.9 Å². The third kappa shape index (κ3) is 7.44. The van der Waals surface area contributed by atoms with Crippen LogP contribution in [0.4, 0.5) is 0 Å². The number of carbonyl (C=O) groups is 1. The molecule has 0 spiro atoms. The Morgan fingerprint density at radius 2 is 1.96 bits per heavy atom. The number of nitrogens with one attached hydrogen (secondary N) is 2. The topological polar surface area (TPSA) is 82.8 Å². The largest absolute Gasteiger partial charge is 0.444 e. The molecule has 2 aromatic rings. The molecule has 0 aliphatic heterocycles. The van der Waals surface area contributed by atoms with Gasteiger partial charge in [-0.3, -0.25) is 4.79 Å². The molecule has 9 heteroatoms. The molecule has 0 unspecified atom stereocenters. The first-order valence-electron chi connectivity index (χ1n) is 8.88. The van der Waals surface area contributed by atoms with E-state index in [1.807, 2.05) is 38.1 Å². The Kier molecular flexibility index (Phi) is 8.66. The maximum Gasteiger partial charge on any atom is 0.243 e. The number of likely N-dealkylation sites (N-methyl/N-ethyl adjacent to an activating group) is 1. The molecule has 2 N–H and O–H groups in total. The van der Waals surface area contributed by atoms with Gasteiger partial charge in [0.05, 0.1) is 12.2 Å². The normalized spacial score (nSPS) is 11.4. The summed E-state index contributed by atoms with van der Waals surface area (Å²) in [6.45, 7) is 4.92. The molecule has 0 aliphatic rings. The number of carbonyl (C=O) groups excluding carboxylic acids is 1. The van der Waals surface area contributed by atoms with Crippen LogP contribution in [0.15, 0.2) is 38.6 Å². The van der Waals surface area contributed by atoms with E-state index in [4.69, 9.17) is 16.0 Å². The summed E-state index contributed by atoms with van der Waals surface area (Å²) in [6.07, 6.45) is 0. The molecular formula is C19H26ClN5O2S. The molecule has 2 rings (SSSR count). The number of aliphatic imine (C=N–C) groups is 1. The summed E-state index contributed by atoms with van der Waals surface area (Å²) < 4.78 is 5.58. The molecule has 1 aromatic carbocycles. The summed E-state index contributed by atoms with van der Waals surface area (Å²) >= 11 is 7.61. The lowest BCUT2D eigenvalue weighted by Crippen LogP contribution is -2.39. The molecule has 1 heterocycles. The second-order valence-electron chi connectivity index (χ2n) is 6.28. The van der Waals surface area contributed by atoms with Crippen molar-refractivity contribution in [3.63, 3.8) is 0 Å². The van der Waals surface area contributed by atoms with Crippen LogP contribution < -0.4 is 10.6 Å². The van der Waals surface area contributed by atoms with Gasteiger partial charge < -0.3 is 20.0 Å². The molecular weight excluding hydrogens is 398 g/mol. The molecule has 0 fully saturated rings. The van der Waals surface area contributed by atoms with Gasteiger partial charge in [0.15, 0.2) is 5.96 Å². The molecule has 0 bridgehead atoms. The van der Waals surface area contributed by atoms with E-state index in [0.29, 0.717) is 24.9 Å². The number of thioether (sulfide) groups is 1. The third-order valence-corrected chi connectivity index (χ3v) is 5.09. The molecule has 1 aromatic heterocycles. The molecule has 28 heavy (non-hydrogen) atoms. The first-order valence-corrected chi connectivity index (χ1v) is 10.2. The molecule has 7 nitrogen and oxygen atoms in total. The summed E-state index contributed by atoms with van der Waals surface area (Å²) in [5, 5.41) is 7.13. The average Bonchev–Trinajstić information content (AvgIpc) is 2.99. The van der Waals surface area contributed by atoms with Gasteiger partial charge in [0.25, 0.3) is 0 Å². The number of amides is 1. The molecule has 0 saturated heterocycles. The summed E-state index contributed by atoms with van der Waals surface area (Å²) in [6, 6.07) is 7.73. The molecule has 1 amide bonds. The number of aromatic nitrogens is 1. The Morgan fingerprint density at radius 3 is 2.57 bits per heavy atom. The van der Waals surface area contributed by atoms with Crippen LogP contribution in [0.1, 0.15) is 17.3 Å². The first-order chi connectivity index (χ1) is 13.3. The molecule has 0 atom stereocenters. The van der Waals surface area contributed by atoms with Gasteiger partial charge in [-0.2, -0.15) is 0 Å². The van der Waals surface area contributed by atoms with Crippen molar-refractivity contribution in [3.8, 4) is 0 Å². The van der Waals surface area contributed by atoms with Crippen LogP contribution in [0.2, 0.25) is 5.02 Å². The highest BCUT2D eigenvalue weighted by Gasteiger charge is 2.08. The van der Waals surface area contributed by atoms with Gasteiger partial charge in [-0.25, -0.2) is 9.98 Å². The van der Waals surface area contributed by atoms with E-state index in [0.717, 1.165) is 27.1 Å². The number of oxazole rings is 1. The Labute approximate surface area is 174 Å². The minimum atomic E-state index is -0.0700. The summed E-state index contributed by atoms with van der Waals surface area (Å²) in [7, 11) is 3.42. The van der Waals surface area contributed by atoms with E-state index in [9.17, 15) is 4.79 Å². The maximum absolute atomic E-state index is 11.8. The number of hydrogen-bond donors (Lipinski definition) is 2. The number of benzene rings is 1. The van der Waals surface area contributed by atoms with Crippen molar-refractivity contribution in [1.82, 2.24) is 20.5 Å². The van der Waals surface area contributed by atoms with Gasteiger partial charge in [0, 0.05) is 36.3 Å². The van der Waals surface area contributed by atoms with Crippen LogP contribution in [0.25, 0.3) is 0 Å². The van der Waals surface area contributed by atoms with Crippen LogP contribution in [0.5, 0.6) is 0 Å². The first kappa shape index (κ1) is 22.1. The standard InChI is InChI=1S/C19H26ClN5O2S/c1-13-14(2)27-17(24-13)11-22-19(23-12-18(26)25(3)4)21-9-10-28-16-7-5-15(20)6-8-16/h5-8H,9-12H2,1-4H3,(H2,21,22,23). The van der Waals surface area contributed by atoms with Gasteiger partial charge in [0.1, 0.15) is 12.3 Å². The van der Waals surface area contributed by atoms with Crippen molar-refractivity contribution in [1.29, 1.82) is 0 Å². The van der Waals surface area contributed by atoms with Crippen LogP contribution in [0.3, 0.4) is 0 Å². The zero-order valence-electron chi connectivity index (χ0n) is 16.6. The molecule has 0 saturated carbocycles. The van der Waals surface area contributed by atoms with E-state index in [1.165, 1.54) is 4.90 Å². The quantitative estimate of drug-likeness (QED) is 0.294.